The predicted octanol–water partition coefficient (Wildman–Crippen LogP) is 5.18. The van der Waals surface area contributed by atoms with Crippen LogP contribution in [0.2, 0.25) is 5.02 Å². The Morgan fingerprint density at radius 1 is 1.28 bits per heavy atom. The van der Waals surface area contributed by atoms with E-state index in [1.807, 2.05) is 0 Å². The van der Waals surface area contributed by atoms with E-state index in [9.17, 15) is 8.78 Å². The molecule has 0 radical (unpaired) electrons. The first-order chi connectivity index (χ1) is 8.58. The number of nitrogens with one attached hydrogen (secondary N) is 1. The molecule has 0 bridgehead atoms. The van der Waals surface area contributed by atoms with Crippen LogP contribution in [0, 0.1) is 0 Å². The summed E-state index contributed by atoms with van der Waals surface area (Å²) in [6, 6.07) is 8.25. The van der Waals surface area contributed by atoms with Crippen molar-refractivity contribution in [2.24, 2.45) is 0 Å². The number of alkyl halides is 2. The Hall–Kier alpha value is -1.20. The molecule has 0 spiro atoms. The van der Waals surface area contributed by atoms with Crippen molar-refractivity contribution in [3.63, 3.8) is 0 Å². The molecule has 1 N–H and O–H groups in total. The minimum absolute atomic E-state index is 0.272. The number of nitrogens with zero attached hydrogens (tertiary/aromatic N) is 1. The lowest BCUT2D eigenvalue weighted by atomic mass is 10.2. The van der Waals surface area contributed by atoms with Gasteiger partial charge in [-0.15, -0.1) is 0 Å². The van der Waals surface area contributed by atoms with Crippen molar-refractivity contribution in [1.29, 1.82) is 0 Å². The molecule has 0 aliphatic rings. The minimum Gasteiger partial charge on any atom is -0.354 e. The third-order valence-corrected chi connectivity index (χ3v) is 3.53. The highest BCUT2D eigenvalue weighted by atomic mass is 79.9. The maximum atomic E-state index is 12.5. The van der Waals surface area contributed by atoms with E-state index < -0.39 is 6.43 Å². The first-order valence-electron chi connectivity index (χ1n) is 5.03. The van der Waals surface area contributed by atoms with Gasteiger partial charge in [0.05, 0.1) is 10.7 Å². The van der Waals surface area contributed by atoms with Gasteiger partial charge in [0.2, 0.25) is 0 Å². The molecule has 94 valence electrons. The summed E-state index contributed by atoms with van der Waals surface area (Å²) in [4.78, 5) is 3.59. The van der Waals surface area contributed by atoms with Gasteiger partial charge in [-0.2, -0.15) is 0 Å². The number of benzene rings is 1. The fraction of sp³-hybridized carbons (Fsp3) is 0.0833. The molecule has 0 amide bonds. The molecule has 6 heteroatoms. The number of rotatable bonds is 3. The Kier molecular flexibility index (Phi) is 4.14. The maximum absolute atomic E-state index is 12.5. The second-order valence-electron chi connectivity index (χ2n) is 3.50. The molecule has 1 heterocycles. The molecule has 18 heavy (non-hydrogen) atoms. The SMILES string of the molecule is FC(F)c1cc(Nc2cccc(Br)c2Cl)ccn1. The Morgan fingerprint density at radius 3 is 2.78 bits per heavy atom. The third kappa shape index (κ3) is 2.97. The zero-order valence-corrected chi connectivity index (χ0v) is 11.3. The van der Waals surface area contributed by atoms with E-state index in [-0.39, 0.29) is 5.69 Å². The average Bonchev–Trinajstić information content (AvgIpc) is 2.35. The number of halogens is 4. The normalized spacial score (nSPS) is 10.7. The molecule has 1 aromatic carbocycles. The van der Waals surface area contributed by atoms with Gasteiger partial charge in [0.25, 0.3) is 6.43 Å². The van der Waals surface area contributed by atoms with Gasteiger partial charge < -0.3 is 5.32 Å². The van der Waals surface area contributed by atoms with Gasteiger partial charge in [-0.1, -0.05) is 17.7 Å². The van der Waals surface area contributed by atoms with Crippen molar-refractivity contribution >= 4 is 38.9 Å². The van der Waals surface area contributed by atoms with Crippen LogP contribution in [0.5, 0.6) is 0 Å². The molecule has 2 rings (SSSR count). The molecule has 0 fully saturated rings. The zero-order chi connectivity index (χ0) is 13.1. The number of hydrogen-bond acceptors (Lipinski definition) is 2. The molecule has 0 saturated carbocycles. The summed E-state index contributed by atoms with van der Waals surface area (Å²) in [5.41, 5.74) is 0.879. The molecule has 0 unspecified atom stereocenters. The van der Waals surface area contributed by atoms with Crippen LogP contribution in [0.15, 0.2) is 41.0 Å². The third-order valence-electron chi connectivity index (χ3n) is 2.24. The highest BCUT2D eigenvalue weighted by Gasteiger charge is 2.10. The molecular weight excluding hydrogens is 325 g/mol. The highest BCUT2D eigenvalue weighted by molar-refractivity contribution is 9.10. The number of anilines is 2. The van der Waals surface area contributed by atoms with Gasteiger partial charge in [0.15, 0.2) is 0 Å². The van der Waals surface area contributed by atoms with E-state index in [0.29, 0.717) is 16.4 Å². The van der Waals surface area contributed by atoms with Gasteiger partial charge >= 0.3 is 0 Å². The van der Waals surface area contributed by atoms with Crippen LogP contribution in [0.1, 0.15) is 12.1 Å². The lowest BCUT2D eigenvalue weighted by Gasteiger charge is -2.10. The van der Waals surface area contributed by atoms with Crippen LogP contribution in [0.3, 0.4) is 0 Å². The van der Waals surface area contributed by atoms with Crippen molar-refractivity contribution in [2.45, 2.75) is 6.43 Å². The van der Waals surface area contributed by atoms with Gasteiger partial charge in [-0.05, 0) is 40.2 Å². The zero-order valence-electron chi connectivity index (χ0n) is 9.00. The number of pyridine rings is 1. The standard InChI is InChI=1S/C12H8BrClF2N2/c13-8-2-1-3-9(11(8)14)18-7-4-5-17-10(6-7)12(15)16/h1-6,12H,(H,17,18). The lowest BCUT2D eigenvalue weighted by molar-refractivity contribution is 0.146. The Bertz CT molecular complexity index is 564. The molecule has 1 aromatic heterocycles. The van der Waals surface area contributed by atoms with Crippen LogP contribution in [0.4, 0.5) is 20.2 Å². The van der Waals surface area contributed by atoms with Crippen LogP contribution >= 0.6 is 27.5 Å². The molecule has 2 nitrogen and oxygen atoms in total. The Morgan fingerprint density at radius 2 is 2.06 bits per heavy atom. The second-order valence-corrected chi connectivity index (χ2v) is 4.73. The Balaban J connectivity index is 2.28. The van der Waals surface area contributed by atoms with Crippen molar-refractivity contribution < 1.29 is 8.78 Å². The summed E-state index contributed by atoms with van der Waals surface area (Å²) < 4.78 is 25.7. The fourth-order valence-electron chi connectivity index (χ4n) is 1.40. The summed E-state index contributed by atoms with van der Waals surface area (Å²) in [6.45, 7) is 0. The summed E-state index contributed by atoms with van der Waals surface area (Å²) in [6.07, 6.45) is -1.26. The summed E-state index contributed by atoms with van der Waals surface area (Å²) in [5, 5.41) is 3.47. The molecule has 0 atom stereocenters. The fourth-order valence-corrected chi connectivity index (χ4v) is 1.94. The van der Waals surface area contributed by atoms with E-state index in [2.05, 4.69) is 26.2 Å². The second kappa shape index (κ2) is 5.63. The highest BCUT2D eigenvalue weighted by Crippen LogP contribution is 2.32. The van der Waals surface area contributed by atoms with Crippen molar-refractivity contribution in [2.75, 3.05) is 5.32 Å². The predicted molar refractivity (Wildman–Crippen MR) is 71.6 cm³/mol. The first kappa shape index (κ1) is 13.2. The summed E-state index contributed by atoms with van der Waals surface area (Å²) in [7, 11) is 0. The van der Waals surface area contributed by atoms with Crippen molar-refractivity contribution in [3.8, 4) is 0 Å². The van der Waals surface area contributed by atoms with E-state index >= 15 is 0 Å². The van der Waals surface area contributed by atoms with Crippen LogP contribution < -0.4 is 5.32 Å². The molecule has 0 saturated heterocycles. The quantitative estimate of drug-likeness (QED) is 0.837. The smallest absolute Gasteiger partial charge is 0.280 e. The molecule has 0 aliphatic carbocycles. The van der Waals surface area contributed by atoms with Gasteiger partial charge in [0.1, 0.15) is 5.69 Å². The van der Waals surface area contributed by atoms with Crippen molar-refractivity contribution in [1.82, 2.24) is 4.98 Å². The molecule has 0 aliphatic heterocycles. The van der Waals surface area contributed by atoms with Crippen LogP contribution in [-0.4, -0.2) is 4.98 Å². The molecule has 2 aromatic rings. The average molecular weight is 334 g/mol. The topological polar surface area (TPSA) is 24.9 Å². The summed E-state index contributed by atoms with van der Waals surface area (Å²) in [5.74, 6) is 0. The van der Waals surface area contributed by atoms with E-state index in [1.165, 1.54) is 12.3 Å². The monoisotopic (exact) mass is 332 g/mol. The van der Waals surface area contributed by atoms with E-state index in [0.717, 1.165) is 4.47 Å². The van der Waals surface area contributed by atoms with Gasteiger partial charge in [-0.3, -0.25) is 4.98 Å². The largest absolute Gasteiger partial charge is 0.354 e. The number of hydrogen-bond donors (Lipinski definition) is 1. The van der Waals surface area contributed by atoms with Crippen molar-refractivity contribution in [3.05, 3.63) is 51.7 Å². The first-order valence-corrected chi connectivity index (χ1v) is 6.20. The maximum Gasteiger partial charge on any atom is 0.280 e. The van der Waals surface area contributed by atoms with E-state index in [1.54, 1.807) is 24.3 Å². The van der Waals surface area contributed by atoms with Crippen LogP contribution in [0.25, 0.3) is 0 Å². The summed E-state index contributed by atoms with van der Waals surface area (Å²) >= 11 is 9.37. The minimum atomic E-state index is -2.59. The molecular formula is C12H8BrClF2N2. The number of aromatic nitrogens is 1. The van der Waals surface area contributed by atoms with Crippen LogP contribution in [-0.2, 0) is 0 Å². The lowest BCUT2D eigenvalue weighted by Crippen LogP contribution is -1.95. The van der Waals surface area contributed by atoms with Gasteiger partial charge in [-0.25, -0.2) is 8.78 Å². The van der Waals surface area contributed by atoms with E-state index in [4.69, 9.17) is 11.6 Å². The Labute approximate surface area is 116 Å². The van der Waals surface area contributed by atoms with Gasteiger partial charge in [0, 0.05) is 16.4 Å².